The van der Waals surface area contributed by atoms with E-state index < -0.39 is 9.05 Å². The minimum Gasteiger partial charge on any atom is -0.861 e. The van der Waals surface area contributed by atoms with E-state index in [1.165, 1.54) is 19.3 Å². The molecule has 8 heteroatoms. The molecule has 0 saturated heterocycles. The SMILES string of the molecule is CCCCCCCCO[Si]([O-])([O-])[O-].[Li+].[Li+].[Li+]. The summed E-state index contributed by atoms with van der Waals surface area (Å²) in [4.78, 5) is 30.1. The summed E-state index contributed by atoms with van der Waals surface area (Å²) in [5, 5.41) is 0. The van der Waals surface area contributed by atoms with Crippen molar-refractivity contribution < 1.29 is 75.4 Å². The zero-order chi connectivity index (χ0) is 10.2. The van der Waals surface area contributed by atoms with Gasteiger partial charge in [0.2, 0.25) is 0 Å². The van der Waals surface area contributed by atoms with Gasteiger partial charge in [-0.15, -0.1) is 9.05 Å². The van der Waals surface area contributed by atoms with Crippen molar-refractivity contribution in [1.82, 2.24) is 0 Å². The van der Waals surface area contributed by atoms with E-state index in [2.05, 4.69) is 11.3 Å². The van der Waals surface area contributed by atoms with Crippen LogP contribution in [0.15, 0.2) is 0 Å². The van der Waals surface area contributed by atoms with Gasteiger partial charge in [-0.05, 0) is 6.42 Å². The van der Waals surface area contributed by atoms with E-state index in [-0.39, 0.29) is 63.2 Å². The number of hydrogen-bond donors (Lipinski definition) is 0. The number of unbranched alkanes of at least 4 members (excludes halogenated alkanes) is 5. The van der Waals surface area contributed by atoms with Gasteiger partial charge in [0.15, 0.2) is 0 Å². The zero-order valence-electron chi connectivity index (χ0n) is 11.1. The van der Waals surface area contributed by atoms with Crippen molar-refractivity contribution >= 4 is 9.05 Å². The minimum absolute atomic E-state index is 0. The maximum absolute atomic E-state index is 10.0. The van der Waals surface area contributed by atoms with E-state index in [4.69, 9.17) is 0 Å². The standard InChI is InChI=1S/C8H17O4Si.3Li/c1-2-3-4-5-6-7-8-12-13(9,10)11;;;/h2-8H2,1H3;;;/q-3;3*+1. The summed E-state index contributed by atoms with van der Waals surface area (Å²) in [5.74, 6) is 0. The summed E-state index contributed by atoms with van der Waals surface area (Å²) >= 11 is 0. The van der Waals surface area contributed by atoms with Crippen LogP contribution in [0.4, 0.5) is 0 Å². The second kappa shape index (κ2) is 16.8. The van der Waals surface area contributed by atoms with Crippen LogP contribution in [-0.4, -0.2) is 15.7 Å². The maximum Gasteiger partial charge on any atom is 1.00 e. The third-order valence-corrected chi connectivity index (χ3v) is 2.33. The van der Waals surface area contributed by atoms with Gasteiger partial charge in [0.05, 0.1) is 0 Å². The Morgan fingerprint density at radius 2 is 1.25 bits per heavy atom. The molecule has 0 saturated carbocycles. The molecule has 0 spiro atoms. The molecule has 0 aliphatic carbocycles. The average molecular weight is 226 g/mol. The first-order valence-electron chi connectivity index (χ1n) is 4.81. The van der Waals surface area contributed by atoms with Crippen molar-refractivity contribution in [1.29, 1.82) is 0 Å². The largest absolute Gasteiger partial charge is 1.00 e. The smallest absolute Gasteiger partial charge is 0.861 e. The molecule has 0 bridgehead atoms. The molecule has 0 aromatic carbocycles. The van der Waals surface area contributed by atoms with Crippen LogP contribution in [0.1, 0.15) is 45.4 Å². The fraction of sp³-hybridized carbons (Fsp3) is 1.00. The summed E-state index contributed by atoms with van der Waals surface area (Å²) < 4.78 is 4.11. The van der Waals surface area contributed by atoms with Gasteiger partial charge in [0, 0.05) is 6.61 Å². The minimum atomic E-state index is -4.98. The fourth-order valence-corrected chi connectivity index (χ4v) is 1.47. The van der Waals surface area contributed by atoms with Crippen LogP contribution < -0.4 is 71.0 Å². The first-order valence-corrected chi connectivity index (χ1v) is 6.45. The summed E-state index contributed by atoms with van der Waals surface area (Å²) in [6, 6.07) is 0. The Morgan fingerprint density at radius 3 is 1.69 bits per heavy atom. The molecule has 0 aliphatic rings. The van der Waals surface area contributed by atoms with E-state index in [9.17, 15) is 14.4 Å². The van der Waals surface area contributed by atoms with E-state index >= 15 is 0 Å². The molecule has 0 aromatic rings. The Bertz CT molecular complexity index is 124. The third-order valence-electron chi connectivity index (χ3n) is 1.78. The Kier molecular flexibility index (Phi) is 27.8. The second-order valence-corrected chi connectivity index (χ2v) is 4.40. The normalized spacial score (nSPS) is 9.75. The molecule has 0 unspecified atom stereocenters. The predicted molar refractivity (Wildman–Crippen MR) is 45.1 cm³/mol. The van der Waals surface area contributed by atoms with Gasteiger partial charge in [0.1, 0.15) is 0 Å². The predicted octanol–water partition coefficient (Wildman–Crippen LogP) is -10.1. The third kappa shape index (κ3) is 24.9. The van der Waals surface area contributed by atoms with Crippen molar-refractivity contribution in [2.45, 2.75) is 45.4 Å². The molecule has 0 radical (unpaired) electrons. The van der Waals surface area contributed by atoms with Crippen LogP contribution in [0.25, 0.3) is 0 Å². The van der Waals surface area contributed by atoms with Crippen LogP contribution in [0.5, 0.6) is 0 Å². The van der Waals surface area contributed by atoms with Crippen LogP contribution in [0, 0.1) is 0 Å². The van der Waals surface area contributed by atoms with Crippen LogP contribution >= 0.6 is 0 Å². The Labute approximate surface area is 136 Å². The molecule has 80 valence electrons. The average Bonchev–Trinajstić information content (AvgIpc) is 2.01. The number of hydrogen-bond acceptors (Lipinski definition) is 4. The molecule has 0 N–H and O–H groups in total. The van der Waals surface area contributed by atoms with Crippen LogP contribution in [0.3, 0.4) is 0 Å². The monoisotopic (exact) mass is 226 g/mol. The first kappa shape index (κ1) is 26.4. The molecule has 0 fully saturated rings. The van der Waals surface area contributed by atoms with Gasteiger partial charge in [-0.25, -0.2) is 0 Å². The van der Waals surface area contributed by atoms with E-state index in [1.807, 2.05) is 0 Å². The van der Waals surface area contributed by atoms with Crippen LogP contribution in [0.2, 0.25) is 0 Å². The molecule has 0 aliphatic heterocycles. The summed E-state index contributed by atoms with van der Waals surface area (Å²) in [6.07, 6.45) is 6.25. The van der Waals surface area contributed by atoms with Crippen LogP contribution in [-0.2, 0) is 4.43 Å². The Morgan fingerprint density at radius 1 is 0.812 bits per heavy atom. The molecule has 0 aromatic heterocycles. The summed E-state index contributed by atoms with van der Waals surface area (Å²) in [5.41, 5.74) is 0. The quantitative estimate of drug-likeness (QED) is 0.304. The second-order valence-electron chi connectivity index (χ2n) is 3.12. The van der Waals surface area contributed by atoms with Crippen molar-refractivity contribution in [3.63, 3.8) is 0 Å². The fourth-order valence-electron chi connectivity index (χ4n) is 1.08. The molecule has 4 nitrogen and oxygen atoms in total. The number of rotatable bonds is 8. The molecule has 0 amide bonds. The first-order chi connectivity index (χ1) is 6.06. The molecule has 0 heterocycles. The van der Waals surface area contributed by atoms with Crippen molar-refractivity contribution in [2.24, 2.45) is 0 Å². The van der Waals surface area contributed by atoms with Gasteiger partial charge >= 0.3 is 56.6 Å². The molecule has 0 atom stereocenters. The Hall–Kier alpha value is 1.85. The Balaban J connectivity index is -0.000000240. The van der Waals surface area contributed by atoms with E-state index in [1.54, 1.807) is 0 Å². The van der Waals surface area contributed by atoms with Crippen molar-refractivity contribution in [3.8, 4) is 0 Å². The van der Waals surface area contributed by atoms with Gasteiger partial charge in [-0.2, -0.15) is 0 Å². The molecule has 0 rings (SSSR count). The van der Waals surface area contributed by atoms with Gasteiger partial charge < -0.3 is 18.8 Å². The summed E-state index contributed by atoms with van der Waals surface area (Å²) in [7, 11) is -4.98. The van der Waals surface area contributed by atoms with Gasteiger partial charge in [0.25, 0.3) is 0 Å². The summed E-state index contributed by atoms with van der Waals surface area (Å²) in [6.45, 7) is 2.18. The maximum atomic E-state index is 10.0. The molecular weight excluding hydrogens is 209 g/mol. The topological polar surface area (TPSA) is 78.4 Å². The van der Waals surface area contributed by atoms with E-state index in [0.717, 1.165) is 12.8 Å². The van der Waals surface area contributed by atoms with Gasteiger partial charge in [-0.3, -0.25) is 0 Å². The molecular formula is C8H17Li3O4Si. The van der Waals surface area contributed by atoms with Gasteiger partial charge in [-0.1, -0.05) is 39.0 Å². The zero-order valence-corrected chi connectivity index (χ0v) is 12.1. The molecule has 16 heavy (non-hydrogen) atoms. The van der Waals surface area contributed by atoms with E-state index in [0.29, 0.717) is 6.42 Å². The van der Waals surface area contributed by atoms with Crippen molar-refractivity contribution in [2.75, 3.05) is 6.61 Å². The van der Waals surface area contributed by atoms with Crippen molar-refractivity contribution in [3.05, 3.63) is 0 Å².